The molecule has 0 fully saturated rings. The number of aliphatic hydroxyl groups excluding tert-OH is 4. The van der Waals surface area contributed by atoms with E-state index >= 15 is 0 Å². The number of aliphatic hydroxyl groups is 5. The lowest BCUT2D eigenvalue weighted by atomic mass is 9.72. The van der Waals surface area contributed by atoms with Crippen LogP contribution in [0.3, 0.4) is 0 Å². The lowest BCUT2D eigenvalue weighted by Gasteiger charge is -2.40. The molecule has 2 aliphatic rings. The molecule has 0 spiro atoms. The standard InChI is InChI=1S/C50H73NO8/c1-5-6-7-11-41(54)22-20-37-19-18-36-10-8-9-12-44(36)38-21-25-47(45-24-23-42(55)30-39(45)27-28-52)50(4,59)33-51-49(46(37)31-43(56)32-53)40(29-38)17-15-35(14-13-34(2)3)16-26-48(57)58/h8-10,12,20,22-24,30,34-35,38,40-41,43,47,49,51-56,59H,5-7,11,13-19,26-29,31-33H2,1-4H3,(H,57,58). The Kier molecular flexibility index (Phi) is 19.7. The van der Waals surface area contributed by atoms with Crippen LogP contribution < -0.4 is 5.32 Å². The van der Waals surface area contributed by atoms with Crippen LogP contribution in [-0.2, 0) is 17.6 Å². The molecule has 2 aromatic rings. The minimum atomic E-state index is -1.43. The van der Waals surface area contributed by atoms with Gasteiger partial charge < -0.3 is 41.1 Å². The Morgan fingerprint density at radius 2 is 1.76 bits per heavy atom. The fourth-order valence-electron chi connectivity index (χ4n) is 9.15. The van der Waals surface area contributed by atoms with E-state index in [1.165, 1.54) is 0 Å². The molecule has 9 nitrogen and oxygen atoms in total. The molecule has 8 atom stereocenters. The van der Waals surface area contributed by atoms with Gasteiger partial charge in [-0.1, -0.05) is 114 Å². The van der Waals surface area contributed by atoms with Gasteiger partial charge >= 0.3 is 5.97 Å². The number of β-amino-alcohol motifs (C(OH)–C–C–N with tert-alkyl or cyclic N) is 1. The average Bonchev–Trinajstić information content (AvgIpc) is 3.19. The summed E-state index contributed by atoms with van der Waals surface area (Å²) in [4.78, 5) is 11.8. The normalized spacial score (nSPS) is 24.0. The van der Waals surface area contributed by atoms with Crippen molar-refractivity contribution in [2.45, 2.75) is 160 Å². The number of carboxylic acid groups (broad SMARTS) is 1. The predicted molar refractivity (Wildman–Crippen MR) is 235 cm³/mol. The molecule has 1 aliphatic heterocycles. The molecule has 2 bridgehead atoms. The third-order valence-electron chi connectivity index (χ3n) is 12.6. The van der Waals surface area contributed by atoms with E-state index in [9.17, 15) is 40.5 Å². The van der Waals surface area contributed by atoms with Gasteiger partial charge in [-0.15, -0.1) is 0 Å². The molecule has 0 saturated heterocycles. The first-order valence-electron chi connectivity index (χ1n) is 22.3. The van der Waals surface area contributed by atoms with Gasteiger partial charge in [0.2, 0.25) is 0 Å². The number of hydrogen-bond acceptors (Lipinski definition) is 8. The van der Waals surface area contributed by atoms with Crippen molar-refractivity contribution in [1.82, 2.24) is 5.32 Å². The molecule has 0 amide bonds. The zero-order chi connectivity index (χ0) is 43.0. The topological polar surface area (TPSA) is 171 Å². The van der Waals surface area contributed by atoms with E-state index in [0.717, 1.165) is 72.8 Å². The van der Waals surface area contributed by atoms with E-state index < -0.39 is 36.3 Å². The second-order valence-electron chi connectivity index (χ2n) is 17.9. The number of aryl methyl sites for hydroxylation is 1. The summed E-state index contributed by atoms with van der Waals surface area (Å²) in [7, 11) is 0. The van der Waals surface area contributed by atoms with Crippen molar-refractivity contribution in [1.29, 1.82) is 0 Å². The van der Waals surface area contributed by atoms with Gasteiger partial charge in [-0.2, -0.15) is 0 Å². The van der Waals surface area contributed by atoms with Crippen LogP contribution in [0.25, 0.3) is 0 Å². The van der Waals surface area contributed by atoms with Crippen molar-refractivity contribution in [2.75, 3.05) is 19.8 Å². The highest BCUT2D eigenvalue weighted by atomic mass is 16.4. The summed E-state index contributed by atoms with van der Waals surface area (Å²) < 4.78 is 0. The Bertz CT molecular complexity index is 1740. The van der Waals surface area contributed by atoms with Crippen molar-refractivity contribution in [3.05, 3.63) is 88.0 Å². The molecule has 1 aliphatic carbocycles. The number of benzene rings is 2. The van der Waals surface area contributed by atoms with E-state index in [-0.39, 0.29) is 62.0 Å². The Labute approximate surface area is 353 Å². The minimum absolute atomic E-state index is 0.0587. The molecule has 0 aromatic heterocycles. The number of unbranched alkanes of at least 4 members (excludes halogenated alkanes) is 2. The van der Waals surface area contributed by atoms with Crippen molar-refractivity contribution >= 4 is 5.97 Å². The number of aliphatic carboxylic acids is 1. The van der Waals surface area contributed by atoms with Crippen molar-refractivity contribution in [2.24, 2.45) is 17.8 Å². The Morgan fingerprint density at radius 1 is 0.983 bits per heavy atom. The number of hydrogen-bond donors (Lipinski definition) is 8. The second-order valence-corrected chi connectivity index (χ2v) is 17.9. The van der Waals surface area contributed by atoms with E-state index in [4.69, 9.17) is 0 Å². The summed E-state index contributed by atoms with van der Waals surface area (Å²) >= 11 is 0. The molecule has 8 unspecified atom stereocenters. The Morgan fingerprint density at radius 3 is 2.47 bits per heavy atom. The van der Waals surface area contributed by atoms with Gasteiger partial charge in [-0.3, -0.25) is 4.79 Å². The molecule has 59 heavy (non-hydrogen) atoms. The molecule has 0 saturated carbocycles. The van der Waals surface area contributed by atoms with Crippen LogP contribution in [-0.4, -0.2) is 85.3 Å². The van der Waals surface area contributed by atoms with Crippen LogP contribution in [0, 0.1) is 29.6 Å². The number of phenolic OH excluding ortho intramolecular Hbond substituents is 1. The number of carboxylic acids is 1. The maximum absolute atomic E-state index is 12.6. The quantitative estimate of drug-likeness (QED) is 0.0465. The number of carbonyl (C=O) groups is 1. The number of aromatic hydroxyl groups is 1. The molecule has 4 rings (SSSR count). The number of fused-ring (bicyclic) bond motifs is 5. The second kappa shape index (κ2) is 24.1. The van der Waals surface area contributed by atoms with E-state index in [0.29, 0.717) is 43.6 Å². The summed E-state index contributed by atoms with van der Waals surface area (Å²) in [5, 5.41) is 79.2. The van der Waals surface area contributed by atoms with Gasteiger partial charge in [0.05, 0.1) is 30.3 Å². The van der Waals surface area contributed by atoms with Crippen LogP contribution in [0.15, 0.2) is 65.8 Å². The smallest absolute Gasteiger partial charge is 0.303 e. The molecule has 0 radical (unpaired) electrons. The van der Waals surface area contributed by atoms with Crippen LogP contribution in [0.2, 0.25) is 0 Å². The van der Waals surface area contributed by atoms with Gasteiger partial charge in [-0.25, -0.2) is 0 Å². The number of nitrogens with one attached hydrogen (secondary N) is 1. The molecular formula is C50H73NO8. The monoisotopic (exact) mass is 816 g/mol. The van der Waals surface area contributed by atoms with Crippen LogP contribution >= 0.6 is 0 Å². The highest BCUT2D eigenvalue weighted by Crippen LogP contribution is 2.41. The van der Waals surface area contributed by atoms with E-state index in [1.54, 1.807) is 25.1 Å². The van der Waals surface area contributed by atoms with Crippen molar-refractivity contribution < 1.29 is 40.5 Å². The molecule has 9 heteroatoms. The summed E-state index contributed by atoms with van der Waals surface area (Å²) in [5.41, 5.74) is 4.19. The summed E-state index contributed by atoms with van der Waals surface area (Å²) in [6.07, 6.45) is 12.5. The van der Waals surface area contributed by atoms with E-state index in [2.05, 4.69) is 50.1 Å². The maximum atomic E-state index is 12.6. The average molecular weight is 816 g/mol. The molecule has 8 N–H and O–H groups in total. The summed E-state index contributed by atoms with van der Waals surface area (Å²) in [6.45, 7) is 7.86. The van der Waals surface area contributed by atoms with Crippen LogP contribution in [0.1, 0.15) is 145 Å². The highest BCUT2D eigenvalue weighted by molar-refractivity contribution is 5.66. The Hall–Kier alpha value is -3.49. The zero-order valence-corrected chi connectivity index (χ0v) is 36.1. The number of allylic oxidation sites excluding steroid dienone is 2. The van der Waals surface area contributed by atoms with E-state index in [1.807, 2.05) is 24.3 Å². The summed E-state index contributed by atoms with van der Waals surface area (Å²) in [5.74, 6) is 6.22. The molecule has 1 heterocycles. The Balaban J connectivity index is 1.97. The fraction of sp³-hybridized carbons (Fsp3) is 0.620. The number of rotatable bonds is 21. The third-order valence-corrected chi connectivity index (χ3v) is 12.6. The third kappa shape index (κ3) is 14.9. The largest absolute Gasteiger partial charge is 0.508 e. The van der Waals surface area contributed by atoms with Gasteiger partial charge in [0.15, 0.2) is 0 Å². The van der Waals surface area contributed by atoms with Crippen LogP contribution in [0.5, 0.6) is 5.75 Å². The summed E-state index contributed by atoms with van der Waals surface area (Å²) in [6, 6.07) is 13.0. The first kappa shape index (κ1) is 48.2. The highest BCUT2D eigenvalue weighted by Gasteiger charge is 2.39. The molecular weight excluding hydrogens is 743 g/mol. The van der Waals surface area contributed by atoms with Crippen LogP contribution in [0.4, 0.5) is 0 Å². The van der Waals surface area contributed by atoms with Gasteiger partial charge in [0.1, 0.15) is 5.75 Å². The number of phenols is 1. The van der Waals surface area contributed by atoms with Crippen molar-refractivity contribution in [3.8, 4) is 17.6 Å². The maximum Gasteiger partial charge on any atom is 0.303 e. The van der Waals surface area contributed by atoms with Gasteiger partial charge in [0, 0.05) is 31.5 Å². The lowest BCUT2D eigenvalue weighted by Crippen LogP contribution is -2.50. The van der Waals surface area contributed by atoms with Gasteiger partial charge in [-0.05, 0) is 122 Å². The lowest BCUT2D eigenvalue weighted by molar-refractivity contribution is -0.137. The molecule has 2 aromatic carbocycles. The first-order chi connectivity index (χ1) is 28.3. The van der Waals surface area contributed by atoms with Gasteiger partial charge in [0.25, 0.3) is 0 Å². The SMILES string of the molecule is CCCCCC(O)C=CC1=C(CC(O)CO)C2NCC(C)(O)C(c3ccc(O)cc3CCO)C#CC(CC2CCC(CCC(=O)O)CCC(C)C)c2ccccc2CC1. The minimum Gasteiger partial charge on any atom is -0.508 e. The first-order valence-corrected chi connectivity index (χ1v) is 22.3. The predicted octanol–water partition coefficient (Wildman–Crippen LogP) is 7.71. The fourth-order valence-corrected chi connectivity index (χ4v) is 9.15. The zero-order valence-electron chi connectivity index (χ0n) is 36.1. The molecule has 326 valence electrons. The van der Waals surface area contributed by atoms with Crippen molar-refractivity contribution in [3.63, 3.8) is 0 Å².